The molecule has 0 aliphatic heterocycles. The first-order valence-corrected chi connectivity index (χ1v) is 11.3. The van der Waals surface area contributed by atoms with E-state index in [9.17, 15) is 18.8 Å². The Morgan fingerprint density at radius 3 is 2.70 bits per heavy atom. The van der Waals surface area contributed by atoms with Crippen LogP contribution in [0.15, 0.2) is 65.0 Å². The summed E-state index contributed by atoms with van der Waals surface area (Å²) in [7, 11) is 0. The fourth-order valence-electron chi connectivity index (χ4n) is 3.51. The predicted octanol–water partition coefficient (Wildman–Crippen LogP) is 3.80. The van der Waals surface area contributed by atoms with Crippen molar-refractivity contribution in [1.82, 2.24) is 14.9 Å². The number of hydrogen-bond acceptors (Lipinski definition) is 5. The largest absolute Gasteiger partial charge is 0.349 e. The molecule has 4 aromatic rings. The van der Waals surface area contributed by atoms with Crippen molar-refractivity contribution in [3.63, 3.8) is 0 Å². The Bertz CT molecular complexity index is 1420. The maximum Gasteiger partial charge on any atom is 0.263 e. The zero-order chi connectivity index (χ0) is 22.9. The summed E-state index contributed by atoms with van der Waals surface area (Å²) < 4.78 is 14.5. The maximum absolute atomic E-state index is 13.3. The predicted molar refractivity (Wildman–Crippen MR) is 125 cm³/mol. The van der Waals surface area contributed by atoms with Crippen LogP contribution in [0.2, 0.25) is 0 Å². The molecule has 0 spiro atoms. The van der Waals surface area contributed by atoms with Crippen molar-refractivity contribution in [3.05, 3.63) is 82.0 Å². The Morgan fingerprint density at radius 1 is 1.15 bits per heavy atom. The number of nitrogens with one attached hydrogen (secondary N) is 2. The molecule has 2 heterocycles. The molecule has 1 saturated carbocycles. The summed E-state index contributed by atoms with van der Waals surface area (Å²) in [5.41, 5.74) is 1.92. The molecule has 2 amide bonds. The third-order valence-corrected chi connectivity index (χ3v) is 6.24. The van der Waals surface area contributed by atoms with Crippen LogP contribution in [0.1, 0.15) is 23.2 Å². The van der Waals surface area contributed by atoms with E-state index in [0.717, 1.165) is 12.8 Å². The molecule has 0 unspecified atom stereocenters. The standard InChI is InChI=1S/C24H19FN4O3S/c25-16-6-4-14(5-7-16)19-12-33-23-21(19)24(32)29(13-26-23)11-20(30)27-18-3-1-2-15(10-18)22(31)28-17-8-9-17/h1-7,10,12-13,17H,8-9,11H2,(H,27,30)(H,28,31). The van der Waals surface area contributed by atoms with Crippen molar-refractivity contribution in [2.45, 2.75) is 25.4 Å². The average molecular weight is 463 g/mol. The quantitative estimate of drug-likeness (QED) is 0.456. The number of carbonyl (C=O) groups is 2. The number of amides is 2. The van der Waals surface area contributed by atoms with E-state index in [2.05, 4.69) is 15.6 Å². The second-order valence-electron chi connectivity index (χ2n) is 7.89. The molecule has 0 saturated heterocycles. The van der Waals surface area contributed by atoms with E-state index in [1.165, 1.54) is 34.4 Å². The number of carbonyl (C=O) groups excluding carboxylic acids is 2. The molecule has 2 aromatic carbocycles. The number of aromatic nitrogens is 2. The number of benzene rings is 2. The Morgan fingerprint density at radius 2 is 1.94 bits per heavy atom. The van der Waals surface area contributed by atoms with E-state index in [0.29, 0.717) is 32.6 Å². The Balaban J connectivity index is 1.36. The lowest BCUT2D eigenvalue weighted by atomic mass is 10.1. The molecular formula is C24H19FN4O3S. The summed E-state index contributed by atoms with van der Waals surface area (Å²) >= 11 is 1.31. The lowest BCUT2D eigenvalue weighted by molar-refractivity contribution is -0.116. The molecule has 2 aromatic heterocycles. The van der Waals surface area contributed by atoms with Gasteiger partial charge in [0.25, 0.3) is 11.5 Å². The molecule has 1 aliphatic rings. The van der Waals surface area contributed by atoms with Crippen molar-refractivity contribution < 1.29 is 14.0 Å². The lowest BCUT2D eigenvalue weighted by Gasteiger charge is -2.09. The molecule has 1 aliphatic carbocycles. The summed E-state index contributed by atoms with van der Waals surface area (Å²) in [6, 6.07) is 12.8. The number of thiophene rings is 1. The molecule has 33 heavy (non-hydrogen) atoms. The fraction of sp³-hybridized carbons (Fsp3) is 0.167. The first-order chi connectivity index (χ1) is 16.0. The van der Waals surface area contributed by atoms with E-state index in [4.69, 9.17) is 0 Å². The van der Waals surface area contributed by atoms with Crippen LogP contribution in [0.25, 0.3) is 21.3 Å². The van der Waals surface area contributed by atoms with Crippen LogP contribution in [0.5, 0.6) is 0 Å². The topological polar surface area (TPSA) is 93.1 Å². The number of hydrogen-bond donors (Lipinski definition) is 2. The Labute approximate surface area is 191 Å². The van der Waals surface area contributed by atoms with Gasteiger partial charge in [-0.3, -0.25) is 19.0 Å². The minimum atomic E-state index is -0.420. The van der Waals surface area contributed by atoms with Gasteiger partial charge in [-0.2, -0.15) is 0 Å². The lowest BCUT2D eigenvalue weighted by Crippen LogP contribution is -2.28. The monoisotopic (exact) mass is 462 g/mol. The smallest absolute Gasteiger partial charge is 0.263 e. The van der Waals surface area contributed by atoms with Gasteiger partial charge >= 0.3 is 0 Å². The van der Waals surface area contributed by atoms with Crippen LogP contribution in [-0.2, 0) is 11.3 Å². The van der Waals surface area contributed by atoms with E-state index in [-0.39, 0.29) is 29.9 Å². The number of fused-ring (bicyclic) bond motifs is 1. The highest BCUT2D eigenvalue weighted by Gasteiger charge is 2.24. The Kier molecular flexibility index (Phi) is 5.47. The van der Waals surface area contributed by atoms with Gasteiger partial charge in [-0.15, -0.1) is 11.3 Å². The third-order valence-electron chi connectivity index (χ3n) is 5.35. The molecule has 7 nitrogen and oxygen atoms in total. The zero-order valence-corrected chi connectivity index (χ0v) is 18.2. The van der Waals surface area contributed by atoms with Gasteiger partial charge in [0.2, 0.25) is 5.91 Å². The van der Waals surface area contributed by atoms with E-state index in [1.54, 1.807) is 41.8 Å². The van der Waals surface area contributed by atoms with Gasteiger partial charge in [-0.25, -0.2) is 9.37 Å². The highest BCUT2D eigenvalue weighted by atomic mass is 32.1. The number of anilines is 1. The molecule has 9 heteroatoms. The van der Waals surface area contributed by atoms with Gasteiger partial charge in [0.1, 0.15) is 17.2 Å². The summed E-state index contributed by atoms with van der Waals surface area (Å²) in [6.07, 6.45) is 3.32. The van der Waals surface area contributed by atoms with Gasteiger partial charge in [0.05, 0.1) is 11.7 Å². The van der Waals surface area contributed by atoms with Crippen molar-refractivity contribution in [1.29, 1.82) is 0 Å². The minimum absolute atomic E-state index is 0.176. The van der Waals surface area contributed by atoms with Gasteiger partial charge in [0.15, 0.2) is 0 Å². The summed E-state index contributed by atoms with van der Waals surface area (Å²) in [5.74, 6) is -0.957. The molecule has 5 rings (SSSR count). The maximum atomic E-state index is 13.3. The molecule has 166 valence electrons. The average Bonchev–Trinajstić information content (AvgIpc) is 3.51. The third kappa shape index (κ3) is 4.54. The van der Waals surface area contributed by atoms with E-state index >= 15 is 0 Å². The van der Waals surface area contributed by atoms with Gasteiger partial charge in [0, 0.05) is 28.2 Å². The van der Waals surface area contributed by atoms with Crippen molar-refractivity contribution in [2.24, 2.45) is 0 Å². The normalized spacial score (nSPS) is 13.1. The van der Waals surface area contributed by atoms with Gasteiger partial charge < -0.3 is 10.6 Å². The molecule has 2 N–H and O–H groups in total. The number of halogens is 1. The number of rotatable bonds is 6. The molecule has 0 radical (unpaired) electrons. The van der Waals surface area contributed by atoms with Crippen molar-refractivity contribution in [3.8, 4) is 11.1 Å². The Hall–Kier alpha value is -3.85. The summed E-state index contributed by atoms with van der Waals surface area (Å²) in [6.45, 7) is -0.237. The first-order valence-electron chi connectivity index (χ1n) is 10.4. The van der Waals surface area contributed by atoms with Crippen LogP contribution >= 0.6 is 11.3 Å². The van der Waals surface area contributed by atoms with Crippen molar-refractivity contribution >= 4 is 39.1 Å². The van der Waals surface area contributed by atoms with Gasteiger partial charge in [-0.1, -0.05) is 18.2 Å². The molecule has 0 bridgehead atoms. The van der Waals surface area contributed by atoms with Crippen LogP contribution < -0.4 is 16.2 Å². The van der Waals surface area contributed by atoms with Crippen LogP contribution in [0.3, 0.4) is 0 Å². The van der Waals surface area contributed by atoms with Crippen molar-refractivity contribution in [2.75, 3.05) is 5.32 Å². The van der Waals surface area contributed by atoms with E-state index in [1.807, 2.05) is 0 Å². The minimum Gasteiger partial charge on any atom is -0.349 e. The highest BCUT2D eigenvalue weighted by molar-refractivity contribution is 7.17. The number of nitrogens with zero attached hydrogens (tertiary/aromatic N) is 2. The first kappa shape index (κ1) is 21.0. The highest BCUT2D eigenvalue weighted by Crippen LogP contribution is 2.30. The second kappa shape index (κ2) is 8.59. The fourth-order valence-corrected chi connectivity index (χ4v) is 4.42. The zero-order valence-electron chi connectivity index (χ0n) is 17.4. The summed E-state index contributed by atoms with van der Waals surface area (Å²) in [4.78, 5) is 42.8. The van der Waals surface area contributed by atoms with E-state index < -0.39 is 5.91 Å². The SMILES string of the molecule is O=C(Cn1cnc2scc(-c3ccc(F)cc3)c2c1=O)Nc1cccc(C(=O)NC2CC2)c1. The van der Waals surface area contributed by atoms with Crippen LogP contribution in [0, 0.1) is 5.82 Å². The van der Waals surface area contributed by atoms with Gasteiger partial charge in [-0.05, 0) is 48.7 Å². The molecular weight excluding hydrogens is 443 g/mol. The van der Waals surface area contributed by atoms with Crippen LogP contribution in [-0.4, -0.2) is 27.4 Å². The second-order valence-corrected chi connectivity index (χ2v) is 8.75. The molecule has 1 fully saturated rings. The summed E-state index contributed by atoms with van der Waals surface area (Å²) in [5, 5.41) is 7.83. The molecule has 0 atom stereocenters. The van der Waals surface area contributed by atoms with Crippen LogP contribution in [0.4, 0.5) is 10.1 Å².